The molecule has 1 N–H and O–H groups in total. The van der Waals surface area contributed by atoms with E-state index in [9.17, 15) is 28.1 Å². The summed E-state index contributed by atoms with van der Waals surface area (Å²) >= 11 is 0. The number of rotatable bonds is 12. The number of hydrogen-bond donors (Lipinski definition) is 1. The minimum absolute atomic E-state index is 0.00484. The van der Waals surface area contributed by atoms with Crippen LogP contribution in [0.1, 0.15) is 32.8 Å². The molecule has 35 heavy (non-hydrogen) atoms. The zero-order valence-electron chi connectivity index (χ0n) is 20.4. The Kier molecular flexibility index (Phi) is 9.76. The Bertz CT molecular complexity index is 1140. The molecule has 0 saturated carbocycles. The third-order valence-corrected chi connectivity index (χ3v) is 6.80. The SMILES string of the molecule is CC[C@H](C)NC(=O)[C@@H](C)N(CCc1ccccc1)C(=O)CN(c1cccc([N+](=O)[O-])c1)S(C)(=O)=O. The van der Waals surface area contributed by atoms with Gasteiger partial charge in [-0.3, -0.25) is 24.0 Å². The molecule has 0 radical (unpaired) electrons. The molecule has 0 aromatic heterocycles. The summed E-state index contributed by atoms with van der Waals surface area (Å²) in [6, 6.07) is 13.5. The van der Waals surface area contributed by atoms with E-state index in [2.05, 4.69) is 5.32 Å². The molecule has 2 aromatic carbocycles. The first-order chi connectivity index (χ1) is 16.4. The normalized spacial score (nSPS) is 12.9. The minimum Gasteiger partial charge on any atom is -0.352 e. The molecule has 2 rings (SSSR count). The third kappa shape index (κ3) is 8.06. The van der Waals surface area contributed by atoms with Crippen LogP contribution in [-0.2, 0) is 26.0 Å². The van der Waals surface area contributed by atoms with E-state index in [4.69, 9.17) is 0 Å². The lowest BCUT2D eigenvalue weighted by Crippen LogP contribution is -2.53. The first-order valence-corrected chi connectivity index (χ1v) is 13.1. The van der Waals surface area contributed by atoms with Crippen molar-refractivity contribution in [2.45, 2.75) is 45.7 Å². The van der Waals surface area contributed by atoms with Gasteiger partial charge in [-0.25, -0.2) is 8.42 Å². The summed E-state index contributed by atoms with van der Waals surface area (Å²) in [5.74, 6) is -0.938. The highest BCUT2D eigenvalue weighted by Gasteiger charge is 2.30. The average molecular weight is 505 g/mol. The molecule has 0 fully saturated rings. The fraction of sp³-hybridized carbons (Fsp3) is 0.417. The van der Waals surface area contributed by atoms with Gasteiger partial charge >= 0.3 is 0 Å². The summed E-state index contributed by atoms with van der Waals surface area (Å²) in [4.78, 5) is 38.1. The van der Waals surface area contributed by atoms with Crippen molar-refractivity contribution in [1.29, 1.82) is 0 Å². The number of carbonyl (C=O) groups is 2. The van der Waals surface area contributed by atoms with Gasteiger partial charge in [-0.1, -0.05) is 43.3 Å². The molecule has 11 heteroatoms. The Labute approximate surface area is 206 Å². The molecule has 190 valence electrons. The monoisotopic (exact) mass is 504 g/mol. The van der Waals surface area contributed by atoms with Crippen LogP contribution in [0.5, 0.6) is 0 Å². The van der Waals surface area contributed by atoms with Gasteiger partial charge in [0.2, 0.25) is 21.8 Å². The van der Waals surface area contributed by atoms with Gasteiger partial charge in [0.15, 0.2) is 0 Å². The van der Waals surface area contributed by atoms with E-state index in [1.807, 2.05) is 44.2 Å². The summed E-state index contributed by atoms with van der Waals surface area (Å²) in [6.07, 6.45) is 2.10. The zero-order valence-corrected chi connectivity index (χ0v) is 21.2. The van der Waals surface area contributed by atoms with Crippen LogP contribution >= 0.6 is 0 Å². The largest absolute Gasteiger partial charge is 0.352 e. The zero-order chi connectivity index (χ0) is 26.2. The molecule has 0 aliphatic heterocycles. The van der Waals surface area contributed by atoms with Gasteiger partial charge < -0.3 is 10.2 Å². The number of non-ortho nitro benzene ring substituents is 1. The van der Waals surface area contributed by atoms with Gasteiger partial charge in [-0.05, 0) is 38.3 Å². The van der Waals surface area contributed by atoms with Crippen molar-refractivity contribution in [3.05, 3.63) is 70.3 Å². The number of hydrogen-bond acceptors (Lipinski definition) is 6. The van der Waals surface area contributed by atoms with E-state index < -0.39 is 33.4 Å². The van der Waals surface area contributed by atoms with Crippen LogP contribution in [0.25, 0.3) is 0 Å². The number of amides is 2. The van der Waals surface area contributed by atoms with Crippen LogP contribution in [0.3, 0.4) is 0 Å². The van der Waals surface area contributed by atoms with Crippen molar-refractivity contribution >= 4 is 33.2 Å². The third-order valence-electron chi connectivity index (χ3n) is 5.66. The number of nitro groups is 1. The topological polar surface area (TPSA) is 130 Å². The molecule has 0 unspecified atom stereocenters. The number of sulfonamides is 1. The lowest BCUT2D eigenvalue weighted by Gasteiger charge is -2.32. The second kappa shape index (κ2) is 12.3. The predicted octanol–water partition coefficient (Wildman–Crippen LogP) is 2.74. The highest BCUT2D eigenvalue weighted by molar-refractivity contribution is 7.92. The van der Waals surface area contributed by atoms with Crippen molar-refractivity contribution in [2.24, 2.45) is 0 Å². The molecule has 0 heterocycles. The minimum atomic E-state index is -3.96. The number of benzene rings is 2. The highest BCUT2D eigenvalue weighted by atomic mass is 32.2. The van der Waals surface area contributed by atoms with Crippen molar-refractivity contribution in [1.82, 2.24) is 10.2 Å². The van der Waals surface area contributed by atoms with Crippen molar-refractivity contribution in [3.8, 4) is 0 Å². The number of anilines is 1. The van der Waals surface area contributed by atoms with Gasteiger partial charge in [-0.2, -0.15) is 0 Å². The molecule has 0 spiro atoms. The maximum atomic E-state index is 13.4. The standard InChI is InChI=1S/C24H32N4O6S/c1-5-18(2)25-24(30)19(3)26(15-14-20-10-7-6-8-11-20)23(29)17-27(35(4,33)34)21-12-9-13-22(16-21)28(31)32/h6-13,16,18-19H,5,14-15,17H2,1-4H3,(H,25,30)/t18-,19+/m0/s1. The first kappa shape index (κ1) is 27.8. The fourth-order valence-corrected chi connectivity index (χ4v) is 4.25. The molecule has 0 saturated heterocycles. The Morgan fingerprint density at radius 3 is 2.31 bits per heavy atom. The molecular formula is C24H32N4O6S. The summed E-state index contributed by atoms with van der Waals surface area (Å²) in [5.41, 5.74) is 0.652. The summed E-state index contributed by atoms with van der Waals surface area (Å²) in [7, 11) is -3.96. The maximum Gasteiger partial charge on any atom is 0.271 e. The van der Waals surface area contributed by atoms with E-state index in [1.54, 1.807) is 6.92 Å². The Morgan fingerprint density at radius 2 is 1.74 bits per heavy atom. The van der Waals surface area contributed by atoms with Crippen LogP contribution < -0.4 is 9.62 Å². The van der Waals surface area contributed by atoms with Crippen LogP contribution in [0, 0.1) is 10.1 Å². The van der Waals surface area contributed by atoms with E-state index in [0.717, 1.165) is 22.2 Å². The Morgan fingerprint density at radius 1 is 1.09 bits per heavy atom. The molecule has 0 aliphatic rings. The van der Waals surface area contributed by atoms with Crippen LogP contribution in [-0.4, -0.2) is 61.5 Å². The molecular weight excluding hydrogens is 472 g/mol. The van der Waals surface area contributed by atoms with Crippen LogP contribution in [0.4, 0.5) is 11.4 Å². The summed E-state index contributed by atoms with van der Waals surface area (Å²) < 4.78 is 25.9. The average Bonchev–Trinajstić information content (AvgIpc) is 2.82. The molecule has 10 nitrogen and oxygen atoms in total. The van der Waals surface area contributed by atoms with E-state index >= 15 is 0 Å². The molecule has 2 aromatic rings. The fourth-order valence-electron chi connectivity index (χ4n) is 3.41. The maximum absolute atomic E-state index is 13.4. The molecule has 2 amide bonds. The number of nitrogens with zero attached hydrogens (tertiary/aromatic N) is 3. The number of nitro benzene ring substituents is 1. The smallest absolute Gasteiger partial charge is 0.271 e. The van der Waals surface area contributed by atoms with Gasteiger partial charge in [0.1, 0.15) is 12.6 Å². The van der Waals surface area contributed by atoms with E-state index in [-0.39, 0.29) is 29.9 Å². The van der Waals surface area contributed by atoms with Crippen LogP contribution in [0.2, 0.25) is 0 Å². The van der Waals surface area contributed by atoms with Crippen LogP contribution in [0.15, 0.2) is 54.6 Å². The highest BCUT2D eigenvalue weighted by Crippen LogP contribution is 2.23. The first-order valence-electron chi connectivity index (χ1n) is 11.3. The van der Waals surface area contributed by atoms with Gasteiger partial charge in [0.25, 0.3) is 5.69 Å². The lowest BCUT2D eigenvalue weighted by molar-refractivity contribution is -0.384. The van der Waals surface area contributed by atoms with Crippen molar-refractivity contribution in [2.75, 3.05) is 23.7 Å². The van der Waals surface area contributed by atoms with E-state index in [1.165, 1.54) is 23.1 Å². The Balaban J connectivity index is 2.35. The summed E-state index contributed by atoms with van der Waals surface area (Å²) in [5, 5.41) is 14.0. The van der Waals surface area contributed by atoms with Crippen molar-refractivity contribution < 1.29 is 22.9 Å². The predicted molar refractivity (Wildman–Crippen MR) is 135 cm³/mol. The van der Waals surface area contributed by atoms with Gasteiger partial charge in [0, 0.05) is 24.7 Å². The Hall–Kier alpha value is -3.47. The van der Waals surface area contributed by atoms with Crippen molar-refractivity contribution in [3.63, 3.8) is 0 Å². The number of carbonyl (C=O) groups excluding carboxylic acids is 2. The lowest BCUT2D eigenvalue weighted by atomic mass is 10.1. The quantitative estimate of drug-likeness (QED) is 0.349. The molecule has 2 atom stereocenters. The molecule has 0 aliphatic carbocycles. The molecule has 0 bridgehead atoms. The van der Waals surface area contributed by atoms with E-state index in [0.29, 0.717) is 12.8 Å². The second-order valence-electron chi connectivity index (χ2n) is 8.36. The number of nitrogens with one attached hydrogen (secondary N) is 1. The second-order valence-corrected chi connectivity index (χ2v) is 10.3. The summed E-state index contributed by atoms with van der Waals surface area (Å²) in [6.45, 7) is 4.96. The van der Waals surface area contributed by atoms with Gasteiger partial charge in [-0.15, -0.1) is 0 Å². The van der Waals surface area contributed by atoms with Gasteiger partial charge in [0.05, 0.1) is 16.9 Å².